The Labute approximate surface area is 133 Å². The van der Waals surface area contributed by atoms with E-state index in [1.54, 1.807) is 25.1 Å². The van der Waals surface area contributed by atoms with E-state index in [2.05, 4.69) is 36.6 Å². The van der Waals surface area contributed by atoms with Crippen LogP contribution in [0.3, 0.4) is 0 Å². The van der Waals surface area contributed by atoms with Crippen LogP contribution in [0.4, 0.5) is 5.69 Å². The van der Waals surface area contributed by atoms with Gasteiger partial charge in [0.15, 0.2) is 0 Å². The monoisotopic (exact) mass is 422 g/mol. The standard InChI is InChI=1S/C12H12Br2N2O3S/c1-7-11(5-8(6-15)19-7)20(17,18)16-12-9(13)3-2-4-10(12)14/h2-5,16H,6,15H2,1H3. The summed E-state index contributed by atoms with van der Waals surface area (Å²) in [7, 11) is -3.74. The Kier molecular flexibility index (Phi) is 4.58. The maximum atomic E-state index is 12.4. The Morgan fingerprint density at radius 2 is 1.90 bits per heavy atom. The van der Waals surface area contributed by atoms with Crippen molar-refractivity contribution < 1.29 is 12.8 Å². The fourth-order valence-corrected chi connectivity index (χ4v) is 4.44. The van der Waals surface area contributed by atoms with Crippen LogP contribution >= 0.6 is 31.9 Å². The predicted octanol–water partition coefficient (Wildman–Crippen LogP) is 3.37. The zero-order valence-corrected chi connectivity index (χ0v) is 14.5. The van der Waals surface area contributed by atoms with Gasteiger partial charge < -0.3 is 10.2 Å². The van der Waals surface area contributed by atoms with Gasteiger partial charge in [0.05, 0.1) is 12.2 Å². The van der Waals surface area contributed by atoms with Crippen LogP contribution in [0.2, 0.25) is 0 Å². The molecule has 8 heteroatoms. The van der Waals surface area contributed by atoms with E-state index in [1.807, 2.05) is 0 Å². The molecule has 0 radical (unpaired) electrons. The van der Waals surface area contributed by atoms with Crippen molar-refractivity contribution in [2.24, 2.45) is 5.73 Å². The van der Waals surface area contributed by atoms with E-state index < -0.39 is 10.0 Å². The van der Waals surface area contributed by atoms with Gasteiger partial charge >= 0.3 is 0 Å². The normalized spacial score (nSPS) is 11.6. The van der Waals surface area contributed by atoms with Gasteiger partial charge in [0.25, 0.3) is 10.0 Å². The molecule has 0 aliphatic carbocycles. The van der Waals surface area contributed by atoms with Crippen LogP contribution in [-0.2, 0) is 16.6 Å². The van der Waals surface area contributed by atoms with Gasteiger partial charge in [0, 0.05) is 15.0 Å². The van der Waals surface area contributed by atoms with Gasteiger partial charge in [-0.2, -0.15) is 0 Å². The number of rotatable bonds is 4. The molecule has 1 heterocycles. The van der Waals surface area contributed by atoms with Gasteiger partial charge in [0.1, 0.15) is 16.4 Å². The number of para-hydroxylation sites is 1. The lowest BCUT2D eigenvalue weighted by Crippen LogP contribution is -2.14. The number of sulfonamides is 1. The molecule has 0 aliphatic heterocycles. The van der Waals surface area contributed by atoms with Gasteiger partial charge in [0.2, 0.25) is 0 Å². The van der Waals surface area contributed by atoms with E-state index in [-0.39, 0.29) is 11.4 Å². The highest BCUT2D eigenvalue weighted by atomic mass is 79.9. The van der Waals surface area contributed by atoms with E-state index >= 15 is 0 Å². The number of aryl methyl sites for hydroxylation is 1. The lowest BCUT2D eigenvalue weighted by atomic mass is 10.3. The third kappa shape index (κ3) is 3.08. The number of hydrogen-bond donors (Lipinski definition) is 2. The predicted molar refractivity (Wildman–Crippen MR) is 84.0 cm³/mol. The van der Waals surface area contributed by atoms with Gasteiger partial charge in [-0.25, -0.2) is 8.42 Å². The second-order valence-electron chi connectivity index (χ2n) is 4.04. The highest BCUT2D eigenvalue weighted by molar-refractivity contribution is 9.11. The van der Waals surface area contributed by atoms with Gasteiger partial charge in [-0.1, -0.05) is 6.07 Å². The van der Waals surface area contributed by atoms with Crippen molar-refractivity contribution in [2.75, 3.05) is 4.72 Å². The Morgan fingerprint density at radius 3 is 2.40 bits per heavy atom. The summed E-state index contributed by atoms with van der Waals surface area (Å²) in [4.78, 5) is 0.0839. The molecule has 0 bridgehead atoms. The van der Waals surface area contributed by atoms with E-state index in [9.17, 15) is 8.42 Å². The molecule has 0 saturated heterocycles. The Morgan fingerprint density at radius 1 is 1.30 bits per heavy atom. The van der Waals surface area contributed by atoms with Crippen LogP contribution in [0.5, 0.6) is 0 Å². The molecule has 1 aromatic heterocycles. The highest BCUT2D eigenvalue weighted by Gasteiger charge is 2.23. The molecule has 0 aliphatic rings. The van der Waals surface area contributed by atoms with E-state index in [0.717, 1.165) is 0 Å². The first-order valence-corrected chi connectivity index (χ1v) is 8.68. The number of anilines is 1. The van der Waals surface area contributed by atoms with Crippen LogP contribution < -0.4 is 10.5 Å². The van der Waals surface area contributed by atoms with Crippen molar-refractivity contribution in [3.05, 3.63) is 44.7 Å². The maximum Gasteiger partial charge on any atom is 0.265 e. The van der Waals surface area contributed by atoms with Crippen LogP contribution in [0.25, 0.3) is 0 Å². The van der Waals surface area contributed by atoms with Crippen molar-refractivity contribution in [2.45, 2.75) is 18.4 Å². The van der Waals surface area contributed by atoms with Gasteiger partial charge in [-0.05, 0) is 50.9 Å². The van der Waals surface area contributed by atoms with Crippen molar-refractivity contribution in [1.82, 2.24) is 0 Å². The molecule has 5 nitrogen and oxygen atoms in total. The van der Waals surface area contributed by atoms with Crippen LogP contribution in [0.1, 0.15) is 11.5 Å². The minimum atomic E-state index is -3.74. The SMILES string of the molecule is Cc1oc(CN)cc1S(=O)(=O)Nc1c(Br)cccc1Br. The number of nitrogens with two attached hydrogens (primary N) is 1. The molecule has 20 heavy (non-hydrogen) atoms. The van der Waals surface area contributed by atoms with E-state index in [0.29, 0.717) is 26.2 Å². The lowest BCUT2D eigenvalue weighted by molar-refractivity contribution is 0.479. The van der Waals surface area contributed by atoms with Crippen molar-refractivity contribution in [1.29, 1.82) is 0 Å². The summed E-state index contributed by atoms with van der Waals surface area (Å²) in [6.45, 7) is 1.73. The second kappa shape index (κ2) is 5.88. The van der Waals surface area contributed by atoms with E-state index in [1.165, 1.54) is 6.07 Å². The summed E-state index contributed by atoms with van der Waals surface area (Å²) in [6.07, 6.45) is 0. The molecule has 0 fully saturated rings. The maximum absolute atomic E-state index is 12.4. The van der Waals surface area contributed by atoms with Gasteiger partial charge in [-0.15, -0.1) is 0 Å². The third-order valence-corrected chi connectivity index (χ3v) is 5.39. The first kappa shape index (κ1) is 15.6. The summed E-state index contributed by atoms with van der Waals surface area (Å²) in [5.74, 6) is 0.732. The fraction of sp³-hybridized carbons (Fsp3) is 0.167. The minimum Gasteiger partial charge on any atom is -0.464 e. The summed E-state index contributed by atoms with van der Waals surface area (Å²) in [5.41, 5.74) is 5.88. The number of nitrogens with one attached hydrogen (secondary N) is 1. The number of hydrogen-bond acceptors (Lipinski definition) is 4. The summed E-state index contributed by atoms with van der Waals surface area (Å²) in [6, 6.07) is 6.72. The minimum absolute atomic E-state index is 0.0839. The topological polar surface area (TPSA) is 85.3 Å². The Balaban J connectivity index is 2.43. The molecule has 108 valence electrons. The second-order valence-corrected chi connectivity index (χ2v) is 7.40. The number of benzene rings is 1. The van der Waals surface area contributed by atoms with Crippen LogP contribution in [-0.4, -0.2) is 8.42 Å². The molecule has 1 aromatic carbocycles. The van der Waals surface area contributed by atoms with Crippen LogP contribution in [0, 0.1) is 6.92 Å². The summed E-state index contributed by atoms with van der Waals surface area (Å²) in [5, 5.41) is 0. The molecule has 0 atom stereocenters. The first-order valence-electron chi connectivity index (χ1n) is 5.61. The fourth-order valence-electron chi connectivity index (χ4n) is 1.68. The van der Waals surface area contributed by atoms with Crippen LogP contribution in [0.15, 0.2) is 42.5 Å². The third-order valence-electron chi connectivity index (χ3n) is 2.61. The zero-order valence-electron chi connectivity index (χ0n) is 10.5. The van der Waals surface area contributed by atoms with Crippen molar-refractivity contribution >= 4 is 47.6 Å². The van der Waals surface area contributed by atoms with Crippen molar-refractivity contribution in [3.63, 3.8) is 0 Å². The Hall–Kier alpha value is -0.830. The molecular formula is C12H12Br2N2O3S. The molecule has 0 saturated carbocycles. The molecule has 0 unspecified atom stereocenters. The smallest absolute Gasteiger partial charge is 0.265 e. The lowest BCUT2D eigenvalue weighted by Gasteiger charge is -2.10. The van der Waals surface area contributed by atoms with Crippen molar-refractivity contribution in [3.8, 4) is 0 Å². The summed E-state index contributed by atoms with van der Waals surface area (Å²) < 4.78 is 33.9. The van der Waals surface area contributed by atoms with Gasteiger partial charge in [-0.3, -0.25) is 4.72 Å². The number of halogens is 2. The number of furan rings is 1. The average Bonchev–Trinajstić information content (AvgIpc) is 2.76. The van der Waals surface area contributed by atoms with E-state index in [4.69, 9.17) is 10.2 Å². The molecule has 3 N–H and O–H groups in total. The molecule has 2 rings (SSSR count). The Bertz CT molecular complexity index is 721. The quantitative estimate of drug-likeness (QED) is 0.789. The summed E-state index contributed by atoms with van der Waals surface area (Å²) >= 11 is 6.62. The largest absolute Gasteiger partial charge is 0.464 e. The average molecular weight is 424 g/mol. The first-order chi connectivity index (χ1) is 9.35. The molecular weight excluding hydrogens is 412 g/mol. The molecule has 0 spiro atoms. The zero-order chi connectivity index (χ0) is 14.9. The molecule has 2 aromatic rings. The molecule has 0 amide bonds. The highest BCUT2D eigenvalue weighted by Crippen LogP contribution is 2.33.